The first kappa shape index (κ1) is 16.6. The third-order valence-electron chi connectivity index (χ3n) is 4.07. The zero-order chi connectivity index (χ0) is 16.9. The Labute approximate surface area is 140 Å². The van der Waals surface area contributed by atoms with E-state index in [1.807, 2.05) is 0 Å². The molecular formula is C17H22N2O5. The maximum atomic E-state index is 12.2. The molecule has 7 nitrogen and oxygen atoms in total. The molecule has 24 heavy (non-hydrogen) atoms. The molecule has 130 valence electrons. The Bertz CT molecular complexity index is 613. The second-order valence-corrected chi connectivity index (χ2v) is 5.87. The summed E-state index contributed by atoms with van der Waals surface area (Å²) in [6.45, 7) is 3.60. The van der Waals surface area contributed by atoms with E-state index in [9.17, 15) is 9.59 Å². The van der Waals surface area contributed by atoms with Crippen LogP contribution in [0.2, 0.25) is 0 Å². The number of benzene rings is 1. The summed E-state index contributed by atoms with van der Waals surface area (Å²) in [5.41, 5.74) is 0.610. The molecule has 1 saturated heterocycles. The lowest BCUT2D eigenvalue weighted by molar-refractivity contribution is -0.123. The van der Waals surface area contributed by atoms with Gasteiger partial charge in [0.05, 0.1) is 6.10 Å². The number of nitrogens with zero attached hydrogens (tertiary/aromatic N) is 1. The zero-order valence-electron chi connectivity index (χ0n) is 13.7. The normalized spacial score (nSPS) is 19.0. The van der Waals surface area contributed by atoms with Gasteiger partial charge in [0.2, 0.25) is 11.8 Å². The van der Waals surface area contributed by atoms with Crippen LogP contribution in [0.1, 0.15) is 19.8 Å². The van der Waals surface area contributed by atoms with Gasteiger partial charge in [-0.15, -0.1) is 0 Å². The van der Waals surface area contributed by atoms with Crippen molar-refractivity contribution in [3.8, 4) is 11.5 Å². The van der Waals surface area contributed by atoms with Crippen LogP contribution in [-0.2, 0) is 14.3 Å². The Morgan fingerprint density at radius 3 is 2.71 bits per heavy atom. The Hall–Kier alpha value is -2.28. The van der Waals surface area contributed by atoms with Gasteiger partial charge in [0.1, 0.15) is 19.8 Å². The molecule has 2 heterocycles. The van der Waals surface area contributed by atoms with Crippen LogP contribution in [0.5, 0.6) is 11.5 Å². The maximum Gasteiger partial charge on any atom is 0.240 e. The van der Waals surface area contributed by atoms with Gasteiger partial charge in [-0.1, -0.05) is 0 Å². The Morgan fingerprint density at radius 1 is 1.21 bits per heavy atom. The number of carbonyl (C=O) groups excluding carboxylic acids is 2. The van der Waals surface area contributed by atoms with Crippen molar-refractivity contribution in [1.82, 2.24) is 5.32 Å². The molecule has 3 rings (SSSR count). The molecule has 0 bridgehead atoms. The first-order chi connectivity index (χ1) is 11.6. The highest BCUT2D eigenvalue weighted by Gasteiger charge is 2.21. The van der Waals surface area contributed by atoms with Gasteiger partial charge in [-0.2, -0.15) is 0 Å². The molecule has 2 amide bonds. The molecule has 7 heteroatoms. The van der Waals surface area contributed by atoms with Gasteiger partial charge in [-0.3, -0.25) is 9.59 Å². The Morgan fingerprint density at radius 2 is 2.00 bits per heavy atom. The van der Waals surface area contributed by atoms with Crippen molar-refractivity contribution in [2.75, 3.05) is 37.8 Å². The summed E-state index contributed by atoms with van der Waals surface area (Å²) < 4.78 is 16.5. The molecular weight excluding hydrogens is 312 g/mol. The first-order valence-electron chi connectivity index (χ1n) is 8.19. The second kappa shape index (κ2) is 7.53. The topological polar surface area (TPSA) is 77.1 Å². The SMILES string of the molecule is CC(=O)N(CC(=O)NCC1CCCO1)c1ccc2c(c1)OCCO2. The molecule has 1 aromatic rings. The average Bonchev–Trinajstić information content (AvgIpc) is 3.10. The van der Waals surface area contributed by atoms with Crippen molar-refractivity contribution >= 4 is 17.5 Å². The fraction of sp³-hybridized carbons (Fsp3) is 0.529. The number of hydrogen-bond acceptors (Lipinski definition) is 5. The van der Waals surface area contributed by atoms with Crippen LogP contribution in [0.4, 0.5) is 5.69 Å². The molecule has 2 aliphatic rings. The standard InChI is InChI=1S/C17H22N2O5/c1-12(20)19(11-17(21)18-10-14-3-2-6-22-14)13-4-5-15-16(9-13)24-8-7-23-15/h4-5,9,14H,2-3,6-8,10-11H2,1H3,(H,18,21). The minimum absolute atomic E-state index is 0.0400. The van der Waals surface area contributed by atoms with Gasteiger partial charge in [-0.05, 0) is 25.0 Å². The molecule has 1 fully saturated rings. The smallest absolute Gasteiger partial charge is 0.240 e. The third kappa shape index (κ3) is 3.97. The molecule has 0 aromatic heterocycles. The summed E-state index contributed by atoms with van der Waals surface area (Å²) in [4.78, 5) is 25.5. The summed E-state index contributed by atoms with van der Waals surface area (Å²) in [6.07, 6.45) is 2.06. The van der Waals surface area contributed by atoms with Gasteiger partial charge < -0.3 is 24.4 Å². The molecule has 0 saturated carbocycles. The minimum Gasteiger partial charge on any atom is -0.486 e. The number of amides is 2. The summed E-state index contributed by atoms with van der Waals surface area (Å²) in [5, 5.41) is 2.83. The maximum absolute atomic E-state index is 12.2. The number of fused-ring (bicyclic) bond motifs is 1. The van der Waals surface area contributed by atoms with Crippen LogP contribution >= 0.6 is 0 Å². The number of nitrogens with one attached hydrogen (secondary N) is 1. The quantitative estimate of drug-likeness (QED) is 0.873. The average molecular weight is 334 g/mol. The fourth-order valence-electron chi connectivity index (χ4n) is 2.82. The van der Waals surface area contributed by atoms with Crippen LogP contribution < -0.4 is 19.7 Å². The van der Waals surface area contributed by atoms with E-state index in [0.717, 1.165) is 19.4 Å². The lowest BCUT2D eigenvalue weighted by Crippen LogP contribution is -2.42. The van der Waals surface area contributed by atoms with E-state index < -0.39 is 0 Å². The predicted octanol–water partition coefficient (Wildman–Crippen LogP) is 1.11. The number of ether oxygens (including phenoxy) is 3. The summed E-state index contributed by atoms with van der Waals surface area (Å²) >= 11 is 0. The molecule has 1 N–H and O–H groups in total. The van der Waals surface area contributed by atoms with E-state index in [-0.39, 0.29) is 24.5 Å². The number of anilines is 1. The largest absolute Gasteiger partial charge is 0.486 e. The molecule has 1 aromatic carbocycles. The van der Waals surface area contributed by atoms with Gasteiger partial charge in [0.15, 0.2) is 11.5 Å². The van der Waals surface area contributed by atoms with Gasteiger partial charge in [-0.25, -0.2) is 0 Å². The first-order valence-corrected chi connectivity index (χ1v) is 8.19. The van der Waals surface area contributed by atoms with Crippen molar-refractivity contribution in [1.29, 1.82) is 0 Å². The molecule has 1 atom stereocenters. The summed E-state index contributed by atoms with van der Waals surface area (Å²) in [7, 11) is 0. The van der Waals surface area contributed by atoms with Crippen molar-refractivity contribution in [3.63, 3.8) is 0 Å². The second-order valence-electron chi connectivity index (χ2n) is 5.87. The lowest BCUT2D eigenvalue weighted by Gasteiger charge is -2.24. The zero-order valence-corrected chi connectivity index (χ0v) is 13.7. The molecule has 0 aliphatic carbocycles. The van der Waals surface area contributed by atoms with Crippen LogP contribution in [0, 0.1) is 0 Å². The highest BCUT2D eigenvalue weighted by molar-refractivity contribution is 5.97. The lowest BCUT2D eigenvalue weighted by atomic mass is 10.2. The van der Waals surface area contributed by atoms with E-state index in [2.05, 4.69) is 5.32 Å². The van der Waals surface area contributed by atoms with Crippen LogP contribution in [0.15, 0.2) is 18.2 Å². The third-order valence-corrected chi connectivity index (χ3v) is 4.07. The van der Waals surface area contributed by atoms with E-state index in [1.54, 1.807) is 18.2 Å². The molecule has 0 spiro atoms. The monoisotopic (exact) mass is 334 g/mol. The predicted molar refractivity (Wildman–Crippen MR) is 87.4 cm³/mol. The van der Waals surface area contributed by atoms with Crippen molar-refractivity contribution in [2.45, 2.75) is 25.9 Å². The van der Waals surface area contributed by atoms with Gasteiger partial charge in [0, 0.05) is 31.8 Å². The number of carbonyl (C=O) groups is 2. The van der Waals surface area contributed by atoms with Gasteiger partial charge in [0.25, 0.3) is 0 Å². The van der Waals surface area contributed by atoms with Crippen LogP contribution in [0.25, 0.3) is 0 Å². The van der Waals surface area contributed by atoms with Crippen molar-refractivity contribution < 1.29 is 23.8 Å². The van der Waals surface area contributed by atoms with Crippen molar-refractivity contribution in [2.24, 2.45) is 0 Å². The molecule has 2 aliphatic heterocycles. The molecule has 0 radical (unpaired) electrons. The number of hydrogen-bond donors (Lipinski definition) is 1. The fourth-order valence-corrected chi connectivity index (χ4v) is 2.82. The number of rotatable bonds is 5. The molecule has 1 unspecified atom stereocenters. The minimum atomic E-state index is -0.212. The van der Waals surface area contributed by atoms with E-state index in [1.165, 1.54) is 11.8 Å². The van der Waals surface area contributed by atoms with E-state index >= 15 is 0 Å². The highest BCUT2D eigenvalue weighted by atomic mass is 16.6. The van der Waals surface area contributed by atoms with E-state index in [0.29, 0.717) is 36.9 Å². The van der Waals surface area contributed by atoms with Crippen LogP contribution in [0.3, 0.4) is 0 Å². The highest BCUT2D eigenvalue weighted by Crippen LogP contribution is 2.34. The summed E-state index contributed by atoms with van der Waals surface area (Å²) in [6, 6.07) is 5.23. The van der Waals surface area contributed by atoms with Gasteiger partial charge >= 0.3 is 0 Å². The van der Waals surface area contributed by atoms with E-state index in [4.69, 9.17) is 14.2 Å². The summed E-state index contributed by atoms with van der Waals surface area (Å²) in [5.74, 6) is 0.815. The Balaban J connectivity index is 1.63. The van der Waals surface area contributed by atoms with Crippen LogP contribution in [-0.4, -0.2) is 50.8 Å². The van der Waals surface area contributed by atoms with Crippen molar-refractivity contribution in [3.05, 3.63) is 18.2 Å². The Kier molecular flexibility index (Phi) is 5.20.